The molecule has 0 aliphatic carbocycles. The van der Waals surface area contributed by atoms with E-state index in [4.69, 9.17) is 6.07 Å². The van der Waals surface area contributed by atoms with E-state index >= 15 is 0 Å². The van der Waals surface area contributed by atoms with Crippen LogP contribution in [-0.2, 0) is 16.1 Å². The molecule has 0 bridgehead atoms. The monoisotopic (exact) mass is 317 g/mol. The molecule has 2 aromatic heterocycles. The first-order valence-electron chi connectivity index (χ1n) is 7.45. The van der Waals surface area contributed by atoms with Crippen LogP contribution in [0, 0.1) is 0 Å². The van der Waals surface area contributed by atoms with Crippen LogP contribution in [0.1, 0.15) is 17.7 Å². The molecule has 1 saturated heterocycles. The Balaban J connectivity index is 1.51. The molecule has 1 aliphatic rings. The Morgan fingerprint density at radius 2 is 2.59 bits per heavy atom. The number of hydrogen-bond donors (Lipinski definition) is 1. The minimum absolute atomic E-state index is 0.0374. The molecule has 0 saturated carbocycles. The van der Waals surface area contributed by atoms with Gasteiger partial charge >= 0.3 is 0 Å². The molecule has 1 fully saturated rings. The number of aromatic nitrogens is 4. The number of nitrogens with zero attached hydrogens (tertiary/aromatic N) is 4. The number of aromatic amines is 1. The van der Waals surface area contributed by atoms with E-state index < -0.39 is 0 Å². The quantitative estimate of drug-likeness (QED) is 0.764. The van der Waals surface area contributed by atoms with Crippen molar-refractivity contribution in [3.8, 4) is 10.7 Å². The second kappa shape index (κ2) is 6.84. The van der Waals surface area contributed by atoms with Gasteiger partial charge in [0.25, 0.3) is 0 Å². The van der Waals surface area contributed by atoms with Crippen molar-refractivity contribution < 1.29 is 9.53 Å². The molecule has 3 rings (SSSR count). The van der Waals surface area contributed by atoms with Gasteiger partial charge in [-0.1, -0.05) is 0 Å². The first-order chi connectivity index (χ1) is 11.3. The molecule has 1 amide bonds. The summed E-state index contributed by atoms with van der Waals surface area (Å²) in [6.07, 6.45) is 2.95. The lowest BCUT2D eigenvalue weighted by Gasteiger charge is -2.20. The van der Waals surface area contributed by atoms with Crippen molar-refractivity contribution in [3.63, 3.8) is 0 Å². The molecule has 1 atom stereocenters. The van der Waals surface area contributed by atoms with Crippen molar-refractivity contribution in [3.05, 3.63) is 29.2 Å². The predicted octanol–water partition coefficient (Wildman–Crippen LogP) is 0.808. The van der Waals surface area contributed by atoms with Gasteiger partial charge in [-0.25, -0.2) is 0 Å². The summed E-state index contributed by atoms with van der Waals surface area (Å²) in [7, 11) is 1.16. The molecule has 0 spiro atoms. The summed E-state index contributed by atoms with van der Waals surface area (Å²) in [6.45, 7) is 0.957. The number of tetrazole rings is 1. The maximum Gasteiger partial charge on any atom is 0.226 e. The van der Waals surface area contributed by atoms with Crippen LogP contribution in [0.5, 0.6) is 0 Å². The number of H-pyrrole nitrogens is 1. The van der Waals surface area contributed by atoms with Crippen molar-refractivity contribution in [1.29, 1.82) is 1.34 Å². The van der Waals surface area contributed by atoms with Crippen LogP contribution < -0.4 is 0 Å². The topological polar surface area (TPSA) is 84.0 Å². The summed E-state index contributed by atoms with van der Waals surface area (Å²) in [4.78, 5) is 15.4. The van der Waals surface area contributed by atoms with E-state index in [1.807, 2.05) is 12.1 Å². The van der Waals surface area contributed by atoms with E-state index in [2.05, 4.69) is 20.6 Å². The zero-order chi connectivity index (χ0) is 16.1. The van der Waals surface area contributed by atoms with Crippen molar-refractivity contribution in [2.24, 2.45) is 0 Å². The van der Waals surface area contributed by atoms with E-state index in [1.54, 1.807) is 28.4 Å². The molecule has 2 aromatic rings. The first-order valence-corrected chi connectivity index (χ1v) is 7.69. The van der Waals surface area contributed by atoms with Crippen molar-refractivity contribution in [1.82, 2.24) is 25.5 Å². The van der Waals surface area contributed by atoms with Crippen molar-refractivity contribution in [2.75, 3.05) is 6.61 Å². The maximum atomic E-state index is 11.8. The summed E-state index contributed by atoms with van der Waals surface area (Å²) in [5.41, 5.74) is 0. The van der Waals surface area contributed by atoms with Crippen LogP contribution in [0.15, 0.2) is 24.3 Å². The fraction of sp³-hybridized carbons (Fsp3) is 0.385. The van der Waals surface area contributed by atoms with Crippen LogP contribution in [0.2, 0.25) is 0 Å². The molecular weight excluding hydrogens is 301 g/mol. The van der Waals surface area contributed by atoms with E-state index in [-0.39, 0.29) is 11.9 Å². The highest BCUT2D eigenvalue weighted by Gasteiger charge is 2.29. The molecular formula is C13H15BN5O2S. The predicted molar refractivity (Wildman–Crippen MR) is 83.3 cm³/mol. The highest BCUT2D eigenvalue weighted by atomic mass is 32.1. The minimum Gasteiger partial charge on any atom is -0.374 e. The summed E-state index contributed by atoms with van der Waals surface area (Å²) in [6, 6.07) is 3.95. The second-order valence-electron chi connectivity index (χ2n) is 4.85. The SMILES string of the molecule is [2H][B]/C=C/N1C(=O)CCC1COCc1ccc(-c2nn[nH]n2)s1. The molecule has 1 unspecified atom stereocenters. The average molecular weight is 317 g/mol. The zero-order valence-corrected chi connectivity index (χ0v) is 12.6. The van der Waals surface area contributed by atoms with Gasteiger partial charge in [0.1, 0.15) is 7.81 Å². The Bertz CT molecular complexity index is 678. The first kappa shape index (κ1) is 13.7. The summed E-state index contributed by atoms with van der Waals surface area (Å²) < 4.78 is 12.8. The number of carbonyl (C=O) groups excluding carboxylic acids is 1. The Hall–Kier alpha value is -2.00. The zero-order valence-electron chi connectivity index (χ0n) is 12.8. The summed E-state index contributed by atoms with van der Waals surface area (Å²) in [5.74, 6) is 2.20. The van der Waals surface area contributed by atoms with Gasteiger partial charge in [-0.05, 0) is 31.3 Å². The lowest BCUT2D eigenvalue weighted by atomic mass is 10.1. The van der Waals surface area contributed by atoms with Crippen molar-refractivity contribution >= 4 is 25.1 Å². The summed E-state index contributed by atoms with van der Waals surface area (Å²) in [5, 5.41) is 13.9. The van der Waals surface area contributed by atoms with Crippen LogP contribution in [0.25, 0.3) is 10.7 Å². The molecule has 1 aliphatic heterocycles. The smallest absolute Gasteiger partial charge is 0.226 e. The maximum absolute atomic E-state index is 11.8. The number of thiophene rings is 1. The largest absolute Gasteiger partial charge is 0.374 e. The van der Waals surface area contributed by atoms with Crippen LogP contribution in [0.3, 0.4) is 0 Å². The molecule has 7 nitrogen and oxygen atoms in total. The third-order valence-corrected chi connectivity index (χ3v) is 4.46. The standard InChI is InChI=1S/C13H15BN5O2S/c14-5-6-19-9(1-4-12(19)20)7-21-8-10-2-3-11(22-10)13-15-17-18-16-13/h2-3,5-6,9,14H,1,4,7-8H2,(H,15,16,17,18)/b6-5+/i14D. The van der Waals surface area contributed by atoms with Gasteiger partial charge in [0.05, 0.1) is 24.1 Å². The Morgan fingerprint density at radius 3 is 3.41 bits per heavy atom. The molecule has 1 radical (unpaired) electrons. The number of ether oxygens (including phenoxy) is 1. The Morgan fingerprint density at radius 1 is 1.64 bits per heavy atom. The van der Waals surface area contributed by atoms with E-state index in [0.717, 1.165) is 24.0 Å². The number of carbonyl (C=O) groups is 1. The van der Waals surface area contributed by atoms with Gasteiger partial charge in [0, 0.05) is 11.3 Å². The van der Waals surface area contributed by atoms with Gasteiger partial charge in [0.2, 0.25) is 11.7 Å². The summed E-state index contributed by atoms with van der Waals surface area (Å²) >= 11 is 1.55. The lowest BCUT2D eigenvalue weighted by molar-refractivity contribution is -0.127. The van der Waals surface area contributed by atoms with Gasteiger partial charge < -0.3 is 9.64 Å². The number of nitrogens with one attached hydrogen (secondary N) is 1. The van der Waals surface area contributed by atoms with Gasteiger partial charge in [-0.15, -0.1) is 27.5 Å². The lowest BCUT2D eigenvalue weighted by Crippen LogP contribution is -2.31. The van der Waals surface area contributed by atoms with Crippen LogP contribution in [-0.4, -0.2) is 53.2 Å². The number of rotatable bonds is 7. The normalized spacial score (nSPS) is 19.1. The molecule has 1 N–H and O–H groups in total. The van der Waals surface area contributed by atoms with Gasteiger partial charge in [-0.2, -0.15) is 5.21 Å². The Labute approximate surface area is 134 Å². The fourth-order valence-corrected chi connectivity index (χ4v) is 3.24. The number of likely N-dealkylation sites (tertiary alicyclic amines) is 1. The fourth-order valence-electron chi connectivity index (χ4n) is 2.36. The molecule has 22 heavy (non-hydrogen) atoms. The highest BCUT2D eigenvalue weighted by Crippen LogP contribution is 2.25. The minimum atomic E-state index is 0.0374. The average Bonchev–Trinajstić information content (AvgIpc) is 3.27. The third kappa shape index (κ3) is 3.25. The number of amides is 1. The Kier molecular flexibility index (Phi) is 4.25. The number of hydrogen-bond acceptors (Lipinski definition) is 6. The molecule has 113 valence electrons. The van der Waals surface area contributed by atoms with E-state index in [9.17, 15) is 4.79 Å². The highest BCUT2D eigenvalue weighted by molar-refractivity contribution is 7.15. The van der Waals surface area contributed by atoms with Gasteiger partial charge in [0.15, 0.2) is 0 Å². The van der Waals surface area contributed by atoms with E-state index in [1.165, 1.54) is 0 Å². The molecule has 0 aromatic carbocycles. The van der Waals surface area contributed by atoms with Crippen molar-refractivity contribution in [2.45, 2.75) is 25.5 Å². The molecule has 3 heterocycles. The van der Waals surface area contributed by atoms with Gasteiger partial charge in [-0.3, -0.25) is 4.79 Å². The molecule has 9 heteroatoms. The second-order valence-corrected chi connectivity index (χ2v) is 6.02. The van der Waals surface area contributed by atoms with Crippen LogP contribution in [0.4, 0.5) is 0 Å². The van der Waals surface area contributed by atoms with Crippen LogP contribution >= 0.6 is 11.3 Å². The van der Waals surface area contributed by atoms with E-state index in [0.29, 0.717) is 25.5 Å². The third-order valence-electron chi connectivity index (χ3n) is 3.40.